The van der Waals surface area contributed by atoms with Crippen LogP contribution < -0.4 is 16.0 Å². The van der Waals surface area contributed by atoms with Crippen LogP contribution in [0.2, 0.25) is 0 Å². The summed E-state index contributed by atoms with van der Waals surface area (Å²) in [4.78, 5) is 38.6. The number of anilines is 4. The van der Waals surface area contributed by atoms with E-state index in [2.05, 4.69) is 45.9 Å². The number of rotatable bonds is 8. The van der Waals surface area contributed by atoms with Gasteiger partial charge in [0.25, 0.3) is 0 Å². The standard InChI is InChI=1S/C26H27N9O2/c1-17-3-2-4-20(31-17)24-28-13-9-22(34-24)33-23-10-14-29-26(35-23)32-19-5-6-21(30-15-19)25(36)37-16-18-7-11-27-12-8-18/h2-6,9-10,13-15,18,27H,7-8,11-12,16H2,1H3,(H2,28,29,32,33,34,35). The molecule has 4 aromatic rings. The van der Waals surface area contributed by atoms with Gasteiger partial charge in [0.2, 0.25) is 5.95 Å². The molecule has 1 fully saturated rings. The summed E-state index contributed by atoms with van der Waals surface area (Å²) in [6, 6.07) is 12.6. The van der Waals surface area contributed by atoms with E-state index in [0.717, 1.165) is 31.6 Å². The van der Waals surface area contributed by atoms with Crippen molar-refractivity contribution in [2.24, 2.45) is 5.92 Å². The van der Waals surface area contributed by atoms with Crippen molar-refractivity contribution in [2.45, 2.75) is 19.8 Å². The van der Waals surface area contributed by atoms with E-state index in [1.54, 1.807) is 42.9 Å². The summed E-state index contributed by atoms with van der Waals surface area (Å²) in [6.45, 7) is 4.27. The highest BCUT2D eigenvalue weighted by atomic mass is 16.5. The first-order valence-corrected chi connectivity index (χ1v) is 12.1. The molecule has 0 aromatic carbocycles. The van der Waals surface area contributed by atoms with Crippen molar-refractivity contribution in [2.75, 3.05) is 30.3 Å². The third-order valence-electron chi connectivity index (χ3n) is 5.82. The maximum absolute atomic E-state index is 12.3. The normalized spacial score (nSPS) is 13.6. The number of hydrogen-bond acceptors (Lipinski definition) is 11. The molecule has 11 heteroatoms. The molecule has 1 aliphatic heterocycles. The second kappa shape index (κ2) is 11.5. The molecule has 1 saturated heterocycles. The van der Waals surface area contributed by atoms with Gasteiger partial charge in [0, 0.05) is 18.1 Å². The number of aryl methyl sites for hydroxylation is 1. The Kier molecular flexibility index (Phi) is 7.51. The molecule has 0 aliphatic carbocycles. The second-order valence-corrected chi connectivity index (χ2v) is 8.67. The highest BCUT2D eigenvalue weighted by molar-refractivity contribution is 5.87. The summed E-state index contributed by atoms with van der Waals surface area (Å²) in [5.41, 5.74) is 2.49. The number of carbonyl (C=O) groups excluding carboxylic acids is 1. The Hall–Kier alpha value is -4.51. The summed E-state index contributed by atoms with van der Waals surface area (Å²) in [6.07, 6.45) is 6.87. The largest absolute Gasteiger partial charge is 0.461 e. The van der Waals surface area contributed by atoms with Crippen molar-refractivity contribution < 1.29 is 9.53 Å². The van der Waals surface area contributed by atoms with E-state index in [-0.39, 0.29) is 5.69 Å². The van der Waals surface area contributed by atoms with E-state index in [1.165, 1.54) is 0 Å². The third-order valence-corrected chi connectivity index (χ3v) is 5.82. The minimum absolute atomic E-state index is 0.262. The van der Waals surface area contributed by atoms with Crippen LogP contribution in [0.3, 0.4) is 0 Å². The smallest absolute Gasteiger partial charge is 0.356 e. The molecule has 1 aliphatic rings. The van der Waals surface area contributed by atoms with Gasteiger partial charge in [0.1, 0.15) is 23.0 Å². The fourth-order valence-corrected chi connectivity index (χ4v) is 3.87. The van der Waals surface area contributed by atoms with Crippen LogP contribution in [0, 0.1) is 12.8 Å². The molecule has 4 aromatic heterocycles. The topological polar surface area (TPSA) is 140 Å². The molecule has 0 radical (unpaired) electrons. The monoisotopic (exact) mass is 497 g/mol. The molecule has 0 bridgehead atoms. The van der Waals surface area contributed by atoms with Crippen LogP contribution in [-0.2, 0) is 4.74 Å². The predicted octanol–water partition coefficient (Wildman–Crippen LogP) is 3.68. The Balaban J connectivity index is 1.20. The molecule has 5 rings (SSSR count). The molecule has 0 spiro atoms. The molecule has 5 heterocycles. The zero-order valence-electron chi connectivity index (χ0n) is 20.4. The maximum Gasteiger partial charge on any atom is 0.356 e. The SMILES string of the molecule is Cc1cccc(-c2nccc(Nc3ccnc(Nc4ccc(C(=O)OCC5CCNCC5)nc4)n3)n2)n1. The molecule has 0 amide bonds. The summed E-state index contributed by atoms with van der Waals surface area (Å²) in [7, 11) is 0. The van der Waals surface area contributed by atoms with Gasteiger partial charge in [0.05, 0.1) is 18.5 Å². The van der Waals surface area contributed by atoms with E-state index in [0.29, 0.717) is 47.3 Å². The lowest BCUT2D eigenvalue weighted by Gasteiger charge is -2.21. The molecular weight excluding hydrogens is 470 g/mol. The fourth-order valence-electron chi connectivity index (χ4n) is 3.87. The van der Waals surface area contributed by atoms with Crippen molar-refractivity contribution in [1.82, 2.24) is 35.2 Å². The van der Waals surface area contributed by atoms with Crippen molar-refractivity contribution in [3.8, 4) is 11.5 Å². The van der Waals surface area contributed by atoms with Gasteiger partial charge < -0.3 is 20.7 Å². The Labute approximate surface area is 214 Å². The van der Waals surface area contributed by atoms with Crippen molar-refractivity contribution >= 4 is 29.2 Å². The van der Waals surface area contributed by atoms with Gasteiger partial charge in [-0.2, -0.15) is 4.98 Å². The third kappa shape index (κ3) is 6.58. The maximum atomic E-state index is 12.3. The average Bonchev–Trinajstić information content (AvgIpc) is 2.93. The van der Waals surface area contributed by atoms with E-state index >= 15 is 0 Å². The quantitative estimate of drug-likeness (QED) is 0.307. The highest BCUT2D eigenvalue weighted by Gasteiger charge is 2.17. The van der Waals surface area contributed by atoms with Crippen LogP contribution in [-0.4, -0.2) is 55.6 Å². The Morgan fingerprint density at radius 2 is 1.76 bits per heavy atom. The van der Waals surface area contributed by atoms with Gasteiger partial charge >= 0.3 is 5.97 Å². The first kappa shape index (κ1) is 24.2. The lowest BCUT2D eigenvalue weighted by atomic mass is 9.99. The molecule has 3 N–H and O–H groups in total. The first-order chi connectivity index (χ1) is 18.1. The van der Waals surface area contributed by atoms with E-state index in [4.69, 9.17) is 4.74 Å². The number of hydrogen-bond donors (Lipinski definition) is 3. The summed E-state index contributed by atoms with van der Waals surface area (Å²) in [5, 5.41) is 9.57. The summed E-state index contributed by atoms with van der Waals surface area (Å²) < 4.78 is 5.44. The van der Waals surface area contributed by atoms with Crippen LogP contribution in [0.1, 0.15) is 29.0 Å². The van der Waals surface area contributed by atoms with E-state index < -0.39 is 5.97 Å². The van der Waals surface area contributed by atoms with Crippen molar-refractivity contribution in [3.63, 3.8) is 0 Å². The molecule has 188 valence electrons. The first-order valence-electron chi connectivity index (χ1n) is 12.1. The lowest BCUT2D eigenvalue weighted by Crippen LogP contribution is -2.30. The van der Waals surface area contributed by atoms with Gasteiger partial charge in [0.15, 0.2) is 5.82 Å². The lowest BCUT2D eigenvalue weighted by molar-refractivity contribution is 0.0409. The molecule has 37 heavy (non-hydrogen) atoms. The fraction of sp³-hybridized carbons (Fsp3) is 0.269. The van der Waals surface area contributed by atoms with Gasteiger partial charge in [-0.05, 0) is 75.2 Å². The van der Waals surface area contributed by atoms with Crippen LogP contribution in [0.25, 0.3) is 11.5 Å². The van der Waals surface area contributed by atoms with Gasteiger partial charge in [-0.3, -0.25) is 0 Å². The zero-order chi connectivity index (χ0) is 25.5. The number of esters is 1. The van der Waals surface area contributed by atoms with E-state index in [1.807, 2.05) is 25.1 Å². The van der Waals surface area contributed by atoms with Crippen molar-refractivity contribution in [3.05, 3.63) is 72.4 Å². The predicted molar refractivity (Wildman–Crippen MR) is 139 cm³/mol. The number of piperidine rings is 1. The summed E-state index contributed by atoms with van der Waals surface area (Å²) >= 11 is 0. The van der Waals surface area contributed by atoms with Crippen LogP contribution in [0.4, 0.5) is 23.3 Å². The van der Waals surface area contributed by atoms with E-state index in [9.17, 15) is 4.79 Å². The molecule has 0 atom stereocenters. The molecule has 0 unspecified atom stereocenters. The number of pyridine rings is 2. The van der Waals surface area contributed by atoms with Crippen LogP contribution in [0.15, 0.2) is 61.1 Å². The molecule has 11 nitrogen and oxygen atoms in total. The van der Waals surface area contributed by atoms with Gasteiger partial charge in [-0.25, -0.2) is 29.7 Å². The van der Waals surface area contributed by atoms with Crippen molar-refractivity contribution in [1.29, 1.82) is 0 Å². The Morgan fingerprint density at radius 3 is 2.54 bits per heavy atom. The second-order valence-electron chi connectivity index (χ2n) is 8.67. The average molecular weight is 498 g/mol. The van der Waals surface area contributed by atoms with Crippen LogP contribution in [0.5, 0.6) is 0 Å². The minimum Gasteiger partial charge on any atom is -0.461 e. The van der Waals surface area contributed by atoms with Crippen LogP contribution >= 0.6 is 0 Å². The number of carbonyl (C=O) groups is 1. The number of nitrogens with zero attached hydrogens (tertiary/aromatic N) is 6. The molecular formula is C26H27N9O2. The molecule has 0 saturated carbocycles. The summed E-state index contributed by atoms with van der Waals surface area (Å²) in [5.74, 6) is 1.98. The number of ether oxygens (including phenoxy) is 1. The Morgan fingerprint density at radius 1 is 0.946 bits per heavy atom. The minimum atomic E-state index is -0.419. The van der Waals surface area contributed by atoms with Gasteiger partial charge in [-0.1, -0.05) is 6.07 Å². The number of nitrogens with one attached hydrogen (secondary N) is 3. The Bertz CT molecular complexity index is 1360. The highest BCUT2D eigenvalue weighted by Crippen LogP contribution is 2.19. The zero-order valence-corrected chi connectivity index (χ0v) is 20.4. The number of aromatic nitrogens is 6. The van der Waals surface area contributed by atoms with Gasteiger partial charge in [-0.15, -0.1) is 0 Å².